The van der Waals surface area contributed by atoms with Crippen LogP contribution in [0, 0.1) is 5.92 Å². The number of benzene rings is 1. The molecule has 2 aromatic rings. The molecule has 7 nitrogen and oxygen atoms in total. The molecule has 138 valence electrons. The van der Waals surface area contributed by atoms with E-state index in [1.807, 2.05) is 26.4 Å². The Balaban J connectivity index is 1.68. The van der Waals surface area contributed by atoms with Crippen molar-refractivity contribution >= 4 is 17.5 Å². The Bertz CT molecular complexity index is 786. The Morgan fingerprint density at radius 2 is 2.19 bits per heavy atom. The van der Waals surface area contributed by atoms with Gasteiger partial charge in [0.05, 0.1) is 12.1 Å². The van der Waals surface area contributed by atoms with Crippen LogP contribution in [0.15, 0.2) is 36.7 Å². The first-order valence-electron chi connectivity index (χ1n) is 8.97. The van der Waals surface area contributed by atoms with Crippen molar-refractivity contribution in [3.05, 3.63) is 47.8 Å². The number of hydrogen-bond acceptors (Lipinski definition) is 4. The van der Waals surface area contributed by atoms with Gasteiger partial charge in [0.1, 0.15) is 0 Å². The summed E-state index contributed by atoms with van der Waals surface area (Å²) in [5, 5.41) is 13.3. The van der Waals surface area contributed by atoms with Gasteiger partial charge in [-0.25, -0.2) is 0 Å². The summed E-state index contributed by atoms with van der Waals surface area (Å²) < 4.78 is 1.75. The van der Waals surface area contributed by atoms with Gasteiger partial charge in [0, 0.05) is 50.0 Å². The summed E-state index contributed by atoms with van der Waals surface area (Å²) in [5.41, 5.74) is 2.24. The van der Waals surface area contributed by atoms with Crippen LogP contribution in [0.5, 0.6) is 0 Å². The highest BCUT2D eigenvalue weighted by molar-refractivity contribution is 5.98. The normalized spacial score (nSPS) is 19.3. The second-order valence-electron chi connectivity index (χ2n) is 6.64. The van der Waals surface area contributed by atoms with Crippen molar-refractivity contribution in [2.75, 3.05) is 25.0 Å². The van der Waals surface area contributed by atoms with Crippen molar-refractivity contribution in [3.8, 4) is 0 Å². The zero-order valence-electron chi connectivity index (χ0n) is 15.2. The van der Waals surface area contributed by atoms with Crippen molar-refractivity contribution in [2.45, 2.75) is 19.3 Å². The van der Waals surface area contributed by atoms with Crippen molar-refractivity contribution < 1.29 is 9.59 Å². The van der Waals surface area contributed by atoms with Crippen LogP contribution in [0.2, 0.25) is 0 Å². The van der Waals surface area contributed by atoms with Crippen LogP contribution in [0.4, 0.5) is 5.69 Å². The highest BCUT2D eigenvalue weighted by Crippen LogP contribution is 2.29. The lowest BCUT2D eigenvalue weighted by atomic mass is 9.90. The van der Waals surface area contributed by atoms with Crippen molar-refractivity contribution in [3.63, 3.8) is 0 Å². The van der Waals surface area contributed by atoms with E-state index < -0.39 is 0 Å². The number of nitrogens with one attached hydrogen (secondary N) is 3. The molecule has 1 aliphatic rings. The van der Waals surface area contributed by atoms with E-state index in [1.165, 1.54) is 0 Å². The van der Waals surface area contributed by atoms with Gasteiger partial charge in [0.2, 0.25) is 5.91 Å². The molecule has 1 fully saturated rings. The lowest BCUT2D eigenvalue weighted by Gasteiger charge is -2.17. The number of hydrogen-bond donors (Lipinski definition) is 3. The van der Waals surface area contributed by atoms with Crippen LogP contribution >= 0.6 is 0 Å². The molecule has 7 heteroatoms. The van der Waals surface area contributed by atoms with Crippen LogP contribution in [0.1, 0.15) is 35.2 Å². The molecule has 0 saturated carbocycles. The van der Waals surface area contributed by atoms with Crippen molar-refractivity contribution in [2.24, 2.45) is 13.0 Å². The molecule has 2 atom stereocenters. The highest BCUT2D eigenvalue weighted by Gasteiger charge is 2.34. The first kappa shape index (κ1) is 18.1. The van der Waals surface area contributed by atoms with Gasteiger partial charge in [-0.05, 0) is 30.2 Å². The van der Waals surface area contributed by atoms with E-state index in [9.17, 15) is 9.59 Å². The molecule has 1 aliphatic heterocycles. The van der Waals surface area contributed by atoms with Crippen LogP contribution in [-0.4, -0.2) is 41.2 Å². The third-order valence-corrected chi connectivity index (χ3v) is 4.63. The number of carbonyl (C=O) groups excluding carboxylic acids is 2. The average molecular weight is 355 g/mol. The first-order valence-corrected chi connectivity index (χ1v) is 8.97. The Morgan fingerprint density at radius 3 is 2.92 bits per heavy atom. The van der Waals surface area contributed by atoms with Crippen LogP contribution < -0.4 is 16.0 Å². The minimum atomic E-state index is -0.170. The average Bonchev–Trinajstić information content (AvgIpc) is 3.28. The zero-order chi connectivity index (χ0) is 18.5. The SMILES string of the molecule is CCCNC(=O)c1cccc(NC(=O)[C@H]2CNC[C@@H]2c2cnn(C)c2)c1. The van der Waals surface area contributed by atoms with Gasteiger partial charge in [-0.15, -0.1) is 0 Å². The third-order valence-electron chi connectivity index (χ3n) is 4.63. The second kappa shape index (κ2) is 8.14. The predicted molar refractivity (Wildman–Crippen MR) is 100 cm³/mol. The van der Waals surface area contributed by atoms with Gasteiger partial charge < -0.3 is 16.0 Å². The molecule has 0 bridgehead atoms. The lowest BCUT2D eigenvalue weighted by molar-refractivity contribution is -0.119. The van der Waals surface area contributed by atoms with Gasteiger partial charge in [-0.1, -0.05) is 13.0 Å². The molecule has 1 aromatic carbocycles. The van der Waals surface area contributed by atoms with Crippen molar-refractivity contribution in [1.29, 1.82) is 0 Å². The molecule has 2 heterocycles. The summed E-state index contributed by atoms with van der Waals surface area (Å²) in [5.74, 6) is -0.245. The van der Waals surface area contributed by atoms with Crippen LogP contribution in [0.25, 0.3) is 0 Å². The molecule has 3 N–H and O–H groups in total. The monoisotopic (exact) mass is 355 g/mol. The molecule has 0 radical (unpaired) electrons. The van der Waals surface area contributed by atoms with E-state index in [2.05, 4.69) is 21.0 Å². The molecular formula is C19H25N5O2. The molecule has 2 amide bonds. The molecule has 26 heavy (non-hydrogen) atoms. The van der Waals surface area contributed by atoms with Gasteiger partial charge in [0.25, 0.3) is 5.91 Å². The van der Waals surface area contributed by atoms with E-state index in [0.717, 1.165) is 18.5 Å². The molecule has 0 spiro atoms. The summed E-state index contributed by atoms with van der Waals surface area (Å²) in [6, 6.07) is 7.04. The van der Waals surface area contributed by atoms with Crippen LogP contribution in [0.3, 0.4) is 0 Å². The molecule has 1 aromatic heterocycles. The lowest BCUT2D eigenvalue weighted by Crippen LogP contribution is -2.28. The van der Waals surface area contributed by atoms with Gasteiger partial charge >= 0.3 is 0 Å². The number of nitrogens with zero attached hydrogens (tertiary/aromatic N) is 2. The Morgan fingerprint density at radius 1 is 1.35 bits per heavy atom. The third kappa shape index (κ3) is 4.11. The second-order valence-corrected chi connectivity index (χ2v) is 6.64. The summed E-state index contributed by atoms with van der Waals surface area (Å²) in [6.45, 7) is 4.02. The number of rotatable bonds is 6. The predicted octanol–water partition coefficient (Wildman–Crippen LogP) is 1.50. The Hall–Kier alpha value is -2.67. The first-order chi connectivity index (χ1) is 12.6. The summed E-state index contributed by atoms with van der Waals surface area (Å²) >= 11 is 0. The maximum atomic E-state index is 12.8. The fourth-order valence-corrected chi connectivity index (χ4v) is 3.25. The molecule has 3 rings (SSSR count). The summed E-state index contributed by atoms with van der Waals surface area (Å²) in [4.78, 5) is 24.9. The Labute approximate surface area is 153 Å². The molecule has 0 unspecified atom stereocenters. The smallest absolute Gasteiger partial charge is 0.251 e. The van der Waals surface area contributed by atoms with E-state index in [1.54, 1.807) is 28.9 Å². The zero-order valence-corrected chi connectivity index (χ0v) is 15.2. The standard InChI is InChI=1S/C19H25N5O2/c1-3-7-21-18(25)13-5-4-6-15(8-13)23-19(26)17-11-20-10-16(17)14-9-22-24(2)12-14/h4-6,8-9,12,16-17,20H,3,7,10-11H2,1-2H3,(H,21,25)(H,23,26)/t16-,17+/m1/s1. The molecule has 0 aliphatic carbocycles. The maximum absolute atomic E-state index is 12.8. The minimum Gasteiger partial charge on any atom is -0.352 e. The molecule has 1 saturated heterocycles. The van der Waals surface area contributed by atoms with Crippen molar-refractivity contribution in [1.82, 2.24) is 20.4 Å². The topological polar surface area (TPSA) is 88.1 Å². The largest absolute Gasteiger partial charge is 0.352 e. The van der Waals surface area contributed by atoms with Crippen LogP contribution in [-0.2, 0) is 11.8 Å². The minimum absolute atomic E-state index is 0.0463. The number of aryl methyl sites for hydroxylation is 1. The quantitative estimate of drug-likeness (QED) is 0.733. The van der Waals surface area contributed by atoms with E-state index in [-0.39, 0.29) is 23.7 Å². The number of carbonyl (C=O) groups is 2. The number of anilines is 1. The fraction of sp³-hybridized carbons (Fsp3) is 0.421. The highest BCUT2D eigenvalue weighted by atomic mass is 16.2. The molecular weight excluding hydrogens is 330 g/mol. The van der Waals surface area contributed by atoms with Gasteiger partial charge in [-0.3, -0.25) is 14.3 Å². The van der Waals surface area contributed by atoms with Gasteiger partial charge in [0.15, 0.2) is 0 Å². The summed E-state index contributed by atoms with van der Waals surface area (Å²) in [6.07, 6.45) is 4.65. The fourth-order valence-electron chi connectivity index (χ4n) is 3.25. The summed E-state index contributed by atoms with van der Waals surface area (Å²) in [7, 11) is 1.87. The van der Waals surface area contributed by atoms with E-state index >= 15 is 0 Å². The van der Waals surface area contributed by atoms with Gasteiger partial charge in [-0.2, -0.15) is 5.10 Å². The number of aromatic nitrogens is 2. The Kier molecular flexibility index (Phi) is 5.68. The number of amides is 2. The van der Waals surface area contributed by atoms with E-state index in [0.29, 0.717) is 24.3 Å². The maximum Gasteiger partial charge on any atom is 0.251 e. The van der Waals surface area contributed by atoms with E-state index in [4.69, 9.17) is 0 Å².